The molecule has 0 aliphatic carbocycles. The molecule has 1 unspecified atom stereocenters. The Kier molecular flexibility index (Phi) is 2.18. The predicted octanol–water partition coefficient (Wildman–Crippen LogP) is -0.137. The summed E-state index contributed by atoms with van der Waals surface area (Å²) in [4.78, 5) is 23.3. The summed E-state index contributed by atoms with van der Waals surface area (Å²) in [5, 5.41) is 5.64. The van der Waals surface area contributed by atoms with Crippen LogP contribution in [-0.4, -0.2) is 24.4 Å². The van der Waals surface area contributed by atoms with Crippen LogP contribution in [-0.2, 0) is 15.0 Å². The van der Waals surface area contributed by atoms with Crippen molar-refractivity contribution in [3.05, 3.63) is 29.6 Å². The Hall–Kier alpha value is -1.95. The number of carbonyl (C=O) groups excluding carboxylic acids is 2. The molecule has 1 fully saturated rings. The number of benzene rings is 1. The Morgan fingerprint density at radius 2 is 2.28 bits per heavy atom. The molecule has 1 spiro atoms. The first-order valence-corrected chi connectivity index (χ1v) is 5.67. The largest absolute Gasteiger partial charge is 0.368 e. The average Bonchev–Trinajstić information content (AvgIpc) is 2.86. The van der Waals surface area contributed by atoms with E-state index in [1.165, 1.54) is 18.2 Å². The lowest BCUT2D eigenvalue weighted by molar-refractivity contribution is -0.120. The standard InChI is InChI=1S/C12H12FN3O2/c13-6-1-2-8-7(3-6)12(11(18)16-8)4-9(10(14)17)15-5-12/h1-3,9,15H,4-5H2,(H2,14,17)(H,16,18)/t9-,12?/m0/s1. The molecule has 0 aromatic heterocycles. The van der Waals surface area contributed by atoms with E-state index in [-0.39, 0.29) is 12.3 Å². The zero-order valence-electron chi connectivity index (χ0n) is 9.50. The first kappa shape index (κ1) is 11.2. The third kappa shape index (κ3) is 1.35. The Morgan fingerprint density at radius 1 is 1.50 bits per heavy atom. The van der Waals surface area contributed by atoms with Gasteiger partial charge in [-0.15, -0.1) is 0 Å². The van der Waals surface area contributed by atoms with Crippen molar-refractivity contribution < 1.29 is 14.0 Å². The molecule has 18 heavy (non-hydrogen) atoms. The van der Waals surface area contributed by atoms with Crippen molar-refractivity contribution in [3.8, 4) is 0 Å². The molecule has 1 saturated heterocycles. The molecule has 2 amide bonds. The van der Waals surface area contributed by atoms with Crippen molar-refractivity contribution in [2.24, 2.45) is 5.73 Å². The second kappa shape index (κ2) is 3.52. The minimum Gasteiger partial charge on any atom is -0.368 e. The summed E-state index contributed by atoms with van der Waals surface area (Å²) in [6.45, 7) is 0.295. The van der Waals surface area contributed by atoms with Crippen LogP contribution in [0.1, 0.15) is 12.0 Å². The lowest BCUT2D eigenvalue weighted by Crippen LogP contribution is -2.36. The number of nitrogens with two attached hydrogens (primary N) is 1. The van der Waals surface area contributed by atoms with Crippen LogP contribution in [0.25, 0.3) is 0 Å². The molecular formula is C12H12FN3O2. The van der Waals surface area contributed by atoms with Crippen LogP contribution in [0, 0.1) is 5.82 Å². The van der Waals surface area contributed by atoms with Gasteiger partial charge < -0.3 is 16.4 Å². The summed E-state index contributed by atoms with van der Waals surface area (Å²) < 4.78 is 13.3. The van der Waals surface area contributed by atoms with E-state index in [1.54, 1.807) is 0 Å². The van der Waals surface area contributed by atoms with Gasteiger partial charge in [0.1, 0.15) is 5.82 Å². The number of primary amides is 1. The fraction of sp³-hybridized carbons (Fsp3) is 0.333. The SMILES string of the molecule is NC(=O)[C@@H]1CC2(CN1)C(=O)Nc1ccc(F)cc12. The van der Waals surface area contributed by atoms with Crippen LogP contribution in [0.3, 0.4) is 0 Å². The molecule has 94 valence electrons. The smallest absolute Gasteiger partial charge is 0.236 e. The van der Waals surface area contributed by atoms with Crippen LogP contribution >= 0.6 is 0 Å². The number of rotatable bonds is 1. The van der Waals surface area contributed by atoms with Crippen molar-refractivity contribution in [1.82, 2.24) is 5.32 Å². The Labute approximate surface area is 103 Å². The molecule has 1 aromatic carbocycles. The van der Waals surface area contributed by atoms with Gasteiger partial charge in [-0.2, -0.15) is 0 Å². The van der Waals surface area contributed by atoms with E-state index in [1.807, 2.05) is 0 Å². The number of carbonyl (C=O) groups is 2. The fourth-order valence-corrected chi connectivity index (χ4v) is 2.76. The van der Waals surface area contributed by atoms with E-state index >= 15 is 0 Å². The minimum absolute atomic E-state index is 0.209. The number of hydrogen-bond donors (Lipinski definition) is 3. The maximum Gasteiger partial charge on any atom is 0.236 e. The van der Waals surface area contributed by atoms with Gasteiger partial charge in [0.15, 0.2) is 0 Å². The van der Waals surface area contributed by atoms with Gasteiger partial charge >= 0.3 is 0 Å². The maximum atomic E-state index is 13.3. The summed E-state index contributed by atoms with van der Waals surface area (Å²) in [5.74, 6) is -1.10. The highest BCUT2D eigenvalue weighted by molar-refractivity contribution is 6.07. The van der Waals surface area contributed by atoms with E-state index in [0.717, 1.165) is 0 Å². The summed E-state index contributed by atoms with van der Waals surface area (Å²) in [7, 11) is 0. The number of hydrogen-bond acceptors (Lipinski definition) is 3. The quantitative estimate of drug-likeness (QED) is 0.648. The van der Waals surface area contributed by atoms with Gasteiger partial charge in [-0.3, -0.25) is 9.59 Å². The summed E-state index contributed by atoms with van der Waals surface area (Å²) in [6.07, 6.45) is 0.268. The molecule has 1 aromatic rings. The van der Waals surface area contributed by atoms with E-state index in [4.69, 9.17) is 5.73 Å². The molecule has 6 heteroatoms. The molecule has 0 bridgehead atoms. The molecule has 0 saturated carbocycles. The van der Waals surface area contributed by atoms with Gasteiger partial charge in [0.2, 0.25) is 11.8 Å². The Morgan fingerprint density at radius 3 is 2.94 bits per heavy atom. The molecule has 5 nitrogen and oxygen atoms in total. The van der Waals surface area contributed by atoms with E-state index < -0.39 is 23.2 Å². The van der Waals surface area contributed by atoms with E-state index in [0.29, 0.717) is 17.8 Å². The molecule has 4 N–H and O–H groups in total. The first-order valence-electron chi connectivity index (χ1n) is 5.67. The number of nitrogens with one attached hydrogen (secondary N) is 2. The van der Waals surface area contributed by atoms with Crippen LogP contribution in [0.15, 0.2) is 18.2 Å². The lowest BCUT2D eigenvalue weighted by Gasteiger charge is -2.19. The topological polar surface area (TPSA) is 84.2 Å². The highest BCUT2D eigenvalue weighted by Crippen LogP contribution is 2.43. The fourth-order valence-electron chi connectivity index (χ4n) is 2.76. The summed E-state index contributed by atoms with van der Waals surface area (Å²) >= 11 is 0. The van der Waals surface area contributed by atoms with Crippen LogP contribution in [0.2, 0.25) is 0 Å². The van der Waals surface area contributed by atoms with Gasteiger partial charge in [0, 0.05) is 12.2 Å². The molecule has 2 aliphatic heterocycles. The number of anilines is 1. The Bertz CT molecular complexity index is 560. The second-order valence-corrected chi connectivity index (χ2v) is 4.77. The first-order chi connectivity index (χ1) is 8.53. The summed E-state index contributed by atoms with van der Waals surface area (Å²) in [6, 6.07) is 3.63. The number of amides is 2. The van der Waals surface area contributed by atoms with Gasteiger partial charge in [-0.25, -0.2) is 4.39 Å². The van der Waals surface area contributed by atoms with Crippen molar-refractivity contribution >= 4 is 17.5 Å². The zero-order valence-corrected chi connectivity index (χ0v) is 9.50. The zero-order chi connectivity index (χ0) is 12.9. The van der Waals surface area contributed by atoms with Crippen molar-refractivity contribution in [1.29, 1.82) is 0 Å². The summed E-state index contributed by atoms with van der Waals surface area (Å²) in [5.41, 5.74) is 5.56. The predicted molar refractivity (Wildman–Crippen MR) is 62.3 cm³/mol. The minimum atomic E-state index is -0.878. The van der Waals surface area contributed by atoms with Gasteiger partial charge in [-0.05, 0) is 30.2 Å². The number of fused-ring (bicyclic) bond motifs is 2. The maximum absolute atomic E-state index is 13.3. The number of halogens is 1. The molecular weight excluding hydrogens is 237 g/mol. The highest BCUT2D eigenvalue weighted by Gasteiger charge is 2.52. The molecule has 2 heterocycles. The highest BCUT2D eigenvalue weighted by atomic mass is 19.1. The normalized spacial score (nSPS) is 29.4. The van der Waals surface area contributed by atoms with E-state index in [9.17, 15) is 14.0 Å². The molecule has 0 radical (unpaired) electrons. The Balaban J connectivity index is 2.06. The van der Waals surface area contributed by atoms with Gasteiger partial charge in [0.25, 0.3) is 0 Å². The van der Waals surface area contributed by atoms with Crippen molar-refractivity contribution in [2.75, 3.05) is 11.9 Å². The van der Waals surface area contributed by atoms with Gasteiger partial charge in [-0.1, -0.05) is 0 Å². The molecule has 2 atom stereocenters. The monoisotopic (exact) mass is 249 g/mol. The average molecular weight is 249 g/mol. The van der Waals surface area contributed by atoms with Crippen molar-refractivity contribution in [3.63, 3.8) is 0 Å². The third-order valence-electron chi connectivity index (χ3n) is 3.73. The second-order valence-electron chi connectivity index (χ2n) is 4.77. The van der Waals surface area contributed by atoms with E-state index in [2.05, 4.69) is 10.6 Å². The van der Waals surface area contributed by atoms with Gasteiger partial charge in [0.05, 0.1) is 11.5 Å². The lowest BCUT2D eigenvalue weighted by atomic mass is 9.79. The molecule has 2 aliphatic rings. The third-order valence-corrected chi connectivity index (χ3v) is 3.73. The van der Waals surface area contributed by atoms with Crippen LogP contribution in [0.4, 0.5) is 10.1 Å². The van der Waals surface area contributed by atoms with Crippen molar-refractivity contribution in [2.45, 2.75) is 17.9 Å². The van der Waals surface area contributed by atoms with Crippen LogP contribution < -0.4 is 16.4 Å². The molecule has 3 rings (SSSR count). The van der Waals surface area contributed by atoms with Crippen LogP contribution in [0.5, 0.6) is 0 Å².